The number of aliphatic hydroxyl groups excluding tert-OH is 1. The van der Waals surface area contributed by atoms with Gasteiger partial charge in [-0.2, -0.15) is 0 Å². The van der Waals surface area contributed by atoms with Crippen molar-refractivity contribution in [3.63, 3.8) is 0 Å². The van der Waals surface area contributed by atoms with E-state index in [0.29, 0.717) is 51.4 Å². The van der Waals surface area contributed by atoms with Gasteiger partial charge >= 0.3 is 5.97 Å². The summed E-state index contributed by atoms with van der Waals surface area (Å²) in [6.45, 7) is 19.8. The van der Waals surface area contributed by atoms with Gasteiger partial charge < -0.3 is 44.7 Å². The number of aliphatic hydroxyl groups is 2. The molecule has 0 aromatic heterocycles. The maximum Gasteiger partial charge on any atom is 0.309 e. The standard InChI is InChI=1S/C42H71NO10/c1-11-29(38(46)47)31-15-14-23(4)36(50-31)27(8)34(44)26(7)35(45)30(12-2)37-24(5)22-25(6)41(51-37)19-16-32(43)42(53-41)21-20-39(10,52-42)33-17-18-40(48,13-3)28(9)49-33/h16,19,23-34,36-37,44,48H,11-15,17-18,20-22,43H2,1-10H3,(H,46,47)/t23-,24-,25+,26-,27-,28-,29?,30?,31+,32+,33+,34+,36+,37-,39-,40+,41-,42-/m0/s1. The van der Waals surface area contributed by atoms with E-state index in [0.717, 1.165) is 12.8 Å². The van der Waals surface area contributed by atoms with Gasteiger partial charge in [0.25, 0.3) is 0 Å². The van der Waals surface area contributed by atoms with Crippen molar-refractivity contribution in [3.8, 4) is 0 Å². The largest absolute Gasteiger partial charge is 0.481 e. The zero-order valence-corrected chi connectivity index (χ0v) is 34.1. The first-order valence-corrected chi connectivity index (χ1v) is 20.8. The molecule has 2 spiro atoms. The number of carbonyl (C=O) groups excluding carboxylic acids is 1. The highest BCUT2D eigenvalue weighted by Crippen LogP contribution is 2.53. The average Bonchev–Trinajstić information content (AvgIpc) is 3.47. The predicted molar refractivity (Wildman–Crippen MR) is 201 cm³/mol. The Morgan fingerprint density at radius 1 is 0.906 bits per heavy atom. The van der Waals surface area contributed by atoms with Gasteiger partial charge in [-0.3, -0.25) is 9.59 Å². The quantitative estimate of drug-likeness (QED) is 0.169. The first-order chi connectivity index (χ1) is 24.8. The maximum absolute atomic E-state index is 14.5. The Morgan fingerprint density at radius 3 is 2.19 bits per heavy atom. The molecular weight excluding hydrogens is 678 g/mol. The summed E-state index contributed by atoms with van der Waals surface area (Å²) in [6, 6.07) is -0.538. The number of carbonyl (C=O) groups is 2. The van der Waals surface area contributed by atoms with Gasteiger partial charge in [0.2, 0.25) is 0 Å². The number of Topliss-reactive ketones (excluding diaryl/α,β-unsaturated/α-hetero) is 1. The van der Waals surface area contributed by atoms with Crippen molar-refractivity contribution < 1.29 is 48.6 Å². The monoisotopic (exact) mass is 750 g/mol. The van der Waals surface area contributed by atoms with Crippen LogP contribution in [-0.4, -0.2) is 92.5 Å². The van der Waals surface area contributed by atoms with E-state index in [4.69, 9.17) is 29.4 Å². The topological polar surface area (TPSA) is 167 Å². The van der Waals surface area contributed by atoms with Gasteiger partial charge in [-0.25, -0.2) is 0 Å². The molecule has 0 aromatic rings. The number of nitrogens with two attached hydrogens (primary N) is 1. The molecule has 0 radical (unpaired) electrons. The Labute approximate surface area is 318 Å². The molecule has 18 atom stereocenters. The molecule has 11 nitrogen and oxygen atoms in total. The number of carboxylic acid groups (broad SMARTS) is 1. The van der Waals surface area contributed by atoms with Crippen LogP contribution in [0.3, 0.4) is 0 Å². The number of aliphatic carboxylic acids is 1. The first kappa shape index (κ1) is 42.7. The van der Waals surface area contributed by atoms with E-state index in [-0.39, 0.29) is 47.8 Å². The Kier molecular flexibility index (Phi) is 13.0. The molecule has 5 heterocycles. The lowest BCUT2D eigenvalue weighted by Crippen LogP contribution is -2.64. The van der Waals surface area contributed by atoms with E-state index in [1.165, 1.54) is 0 Å². The third-order valence-corrected chi connectivity index (χ3v) is 14.5. The normalized spacial score (nSPS) is 46.2. The van der Waals surface area contributed by atoms with Gasteiger partial charge in [-0.05, 0) is 89.5 Å². The van der Waals surface area contributed by atoms with Crippen LogP contribution in [0.1, 0.15) is 133 Å². The molecule has 5 rings (SSSR count). The van der Waals surface area contributed by atoms with E-state index in [1.807, 2.05) is 46.8 Å². The second kappa shape index (κ2) is 16.2. The summed E-state index contributed by atoms with van der Waals surface area (Å²) in [7, 11) is 0. The van der Waals surface area contributed by atoms with Crippen LogP contribution in [0.4, 0.5) is 0 Å². The summed E-state index contributed by atoms with van der Waals surface area (Å²) in [6.07, 6.45) is 7.44. The summed E-state index contributed by atoms with van der Waals surface area (Å²) >= 11 is 0. The Balaban J connectivity index is 1.31. The van der Waals surface area contributed by atoms with Crippen LogP contribution in [-0.2, 0) is 33.3 Å². The minimum absolute atomic E-state index is 0.0449. The smallest absolute Gasteiger partial charge is 0.309 e. The maximum atomic E-state index is 14.5. The van der Waals surface area contributed by atoms with Gasteiger partial charge in [0.1, 0.15) is 5.78 Å². The SMILES string of the molecule is CCC(C(=O)[C@@H](C)[C@@H](O)[C@H](C)[C@@H]1O[C@@H](C(CC)C(=O)O)CC[C@@H]1C)[C@H]1O[C@]2(C=C[C@@H](N)[C@]3(CC[C@@](C)([C@H]4CC[C@](O)(CC)[C@H](C)O4)O3)O2)[C@H](C)C[C@@H]1C. The summed E-state index contributed by atoms with van der Waals surface area (Å²) in [4.78, 5) is 26.4. The van der Waals surface area contributed by atoms with Gasteiger partial charge in [-0.15, -0.1) is 0 Å². The number of rotatable bonds is 12. The number of ketones is 1. The number of carboxylic acids is 1. The Hall–Kier alpha value is -1.44. The van der Waals surface area contributed by atoms with Crippen molar-refractivity contribution in [3.05, 3.63) is 12.2 Å². The molecule has 4 saturated heterocycles. The second-order valence-electron chi connectivity index (χ2n) is 18.0. The minimum Gasteiger partial charge on any atom is -0.481 e. The fourth-order valence-electron chi connectivity index (χ4n) is 10.5. The van der Waals surface area contributed by atoms with Gasteiger partial charge in [-0.1, -0.05) is 61.5 Å². The molecule has 4 fully saturated rings. The molecule has 2 unspecified atom stereocenters. The van der Waals surface area contributed by atoms with E-state index in [1.54, 1.807) is 6.92 Å². The highest BCUT2D eigenvalue weighted by Gasteiger charge is 2.62. The van der Waals surface area contributed by atoms with E-state index < -0.39 is 70.9 Å². The first-order valence-electron chi connectivity index (χ1n) is 20.8. The molecule has 5 aliphatic heterocycles. The van der Waals surface area contributed by atoms with Crippen LogP contribution in [0.2, 0.25) is 0 Å². The molecule has 5 N–H and O–H groups in total. The second-order valence-corrected chi connectivity index (χ2v) is 18.0. The Bertz CT molecular complexity index is 1330. The predicted octanol–water partition coefficient (Wildman–Crippen LogP) is 6.15. The third kappa shape index (κ3) is 7.94. The molecule has 53 heavy (non-hydrogen) atoms. The zero-order valence-electron chi connectivity index (χ0n) is 34.1. The van der Waals surface area contributed by atoms with Crippen LogP contribution >= 0.6 is 0 Å². The van der Waals surface area contributed by atoms with Crippen LogP contribution in [0.15, 0.2) is 12.2 Å². The molecule has 0 aromatic carbocycles. The minimum atomic E-state index is -1.16. The van der Waals surface area contributed by atoms with Crippen molar-refractivity contribution in [2.75, 3.05) is 0 Å². The van der Waals surface area contributed by atoms with Gasteiger partial charge in [0.15, 0.2) is 11.6 Å². The zero-order chi connectivity index (χ0) is 39.3. The molecular formula is C42H71NO10. The molecule has 11 heteroatoms. The van der Waals surface area contributed by atoms with E-state index in [9.17, 15) is 24.9 Å². The molecule has 0 saturated carbocycles. The van der Waals surface area contributed by atoms with E-state index in [2.05, 4.69) is 27.7 Å². The fourth-order valence-corrected chi connectivity index (χ4v) is 10.5. The number of hydrogen-bond donors (Lipinski definition) is 4. The highest BCUT2D eigenvalue weighted by molar-refractivity contribution is 5.84. The molecule has 0 bridgehead atoms. The average molecular weight is 750 g/mol. The van der Waals surface area contributed by atoms with Crippen molar-refractivity contribution in [2.24, 2.45) is 47.2 Å². The highest BCUT2D eigenvalue weighted by atomic mass is 16.8. The number of ether oxygens (including phenoxy) is 5. The summed E-state index contributed by atoms with van der Waals surface area (Å²) in [5, 5.41) is 32.6. The van der Waals surface area contributed by atoms with Crippen molar-refractivity contribution in [2.45, 2.75) is 199 Å². The van der Waals surface area contributed by atoms with Gasteiger partial charge in [0.05, 0.1) is 59.8 Å². The number of hydrogen-bond acceptors (Lipinski definition) is 10. The molecule has 304 valence electrons. The fraction of sp³-hybridized carbons (Fsp3) is 0.905. The van der Waals surface area contributed by atoms with Crippen molar-refractivity contribution in [1.29, 1.82) is 0 Å². The molecule has 0 aliphatic carbocycles. The van der Waals surface area contributed by atoms with Crippen molar-refractivity contribution >= 4 is 11.8 Å². The van der Waals surface area contributed by atoms with Crippen LogP contribution < -0.4 is 5.73 Å². The van der Waals surface area contributed by atoms with E-state index >= 15 is 0 Å². The third-order valence-electron chi connectivity index (χ3n) is 14.5. The molecule has 5 aliphatic rings. The van der Waals surface area contributed by atoms with Crippen LogP contribution in [0, 0.1) is 41.4 Å². The lowest BCUT2D eigenvalue weighted by Gasteiger charge is -2.54. The lowest BCUT2D eigenvalue weighted by molar-refractivity contribution is -0.396. The summed E-state index contributed by atoms with van der Waals surface area (Å²) in [5.74, 6) is -5.28. The van der Waals surface area contributed by atoms with Gasteiger partial charge in [0, 0.05) is 30.1 Å². The molecule has 0 amide bonds. The van der Waals surface area contributed by atoms with Crippen LogP contribution in [0.5, 0.6) is 0 Å². The van der Waals surface area contributed by atoms with Crippen LogP contribution in [0.25, 0.3) is 0 Å². The lowest BCUT2D eigenvalue weighted by atomic mass is 9.72. The summed E-state index contributed by atoms with van der Waals surface area (Å²) < 4.78 is 33.8. The summed E-state index contributed by atoms with van der Waals surface area (Å²) in [5.41, 5.74) is 5.25. The Morgan fingerprint density at radius 2 is 1.58 bits per heavy atom. The van der Waals surface area contributed by atoms with Crippen molar-refractivity contribution in [1.82, 2.24) is 0 Å².